The van der Waals surface area contributed by atoms with Crippen LogP contribution in [0.2, 0.25) is 0 Å². The Morgan fingerprint density at radius 2 is 1.60 bits per heavy atom. The lowest BCUT2D eigenvalue weighted by molar-refractivity contribution is -0.104. The molecule has 0 amide bonds. The lowest BCUT2D eigenvalue weighted by atomic mass is 9.83. The van der Waals surface area contributed by atoms with Crippen LogP contribution in [0, 0.1) is 17.8 Å². The van der Waals surface area contributed by atoms with Crippen LogP contribution in [-0.4, -0.2) is 31.7 Å². The van der Waals surface area contributed by atoms with Gasteiger partial charge >= 0.3 is 0 Å². The van der Waals surface area contributed by atoms with Crippen LogP contribution >= 0.6 is 0 Å². The number of carbonyl (C=O) groups excluding carboxylic acids is 1. The standard InChI is InChI=1S/C33H50F2O2.C4H6O.C3H8.C2H6/c1-8-27-12-13-30(18-28(27)9-2)25(6)32(34)17-24(5)31-15-14-29(19-33(31)35)23(4)11-10-22(3)16-26(20-36)21-37-7;1-4(2)3-5;1-3-2;1-2/h17-19,22-23,26,36H,8-16,20-21H2,1-7H3;3H,1H2,2H3;3H2,1-2H3;1-2H3/b24-17+,32-25-;;;. The van der Waals surface area contributed by atoms with Crippen molar-refractivity contribution in [1.82, 2.24) is 0 Å². The Bertz CT molecular complexity index is 1120. The molecule has 1 N–H and O–H groups in total. The third-order valence-corrected chi connectivity index (χ3v) is 8.55. The second-order valence-corrected chi connectivity index (χ2v) is 12.8. The number of hydrogen-bond donors (Lipinski definition) is 1. The molecule has 0 aromatic heterocycles. The number of carbonyl (C=O) groups is 1. The van der Waals surface area contributed by atoms with E-state index in [-0.39, 0.29) is 24.2 Å². The average molecular weight is 661 g/mol. The van der Waals surface area contributed by atoms with E-state index in [1.54, 1.807) is 20.1 Å². The van der Waals surface area contributed by atoms with Gasteiger partial charge in [0.2, 0.25) is 0 Å². The molecule has 0 fully saturated rings. The monoisotopic (exact) mass is 661 g/mol. The van der Waals surface area contributed by atoms with Crippen LogP contribution in [0.25, 0.3) is 0 Å². The van der Waals surface area contributed by atoms with E-state index in [0.29, 0.717) is 47.2 Å². The fourth-order valence-electron chi connectivity index (χ4n) is 5.74. The zero-order valence-electron chi connectivity index (χ0n) is 32.3. The molecule has 0 aromatic carbocycles. The second-order valence-electron chi connectivity index (χ2n) is 12.8. The van der Waals surface area contributed by atoms with Gasteiger partial charge in [-0.3, -0.25) is 4.79 Å². The quantitative estimate of drug-likeness (QED) is 0.108. The lowest BCUT2D eigenvalue weighted by Gasteiger charge is -2.24. The second kappa shape index (κ2) is 27.6. The minimum Gasteiger partial charge on any atom is -0.396 e. The van der Waals surface area contributed by atoms with Crippen molar-refractivity contribution in [3.05, 3.63) is 81.0 Å². The summed E-state index contributed by atoms with van der Waals surface area (Å²) in [5.74, 6) is 0.482. The molecule has 2 aliphatic carbocycles. The smallest absolute Gasteiger partial charge is 0.145 e. The van der Waals surface area contributed by atoms with Gasteiger partial charge in [0.1, 0.15) is 17.9 Å². The Morgan fingerprint density at radius 3 is 2.06 bits per heavy atom. The summed E-state index contributed by atoms with van der Waals surface area (Å²) in [6.45, 7) is 26.3. The minimum atomic E-state index is -0.258. The van der Waals surface area contributed by atoms with Gasteiger partial charge in [0, 0.05) is 19.6 Å². The maximum Gasteiger partial charge on any atom is 0.145 e. The normalized spacial score (nSPS) is 17.3. The van der Waals surface area contributed by atoms with Crippen LogP contribution in [0.5, 0.6) is 0 Å². The van der Waals surface area contributed by atoms with Gasteiger partial charge in [-0.05, 0) is 130 Å². The molecule has 0 aliphatic heterocycles. The van der Waals surface area contributed by atoms with Gasteiger partial charge in [-0.15, -0.1) is 0 Å². The number of allylic oxidation sites excluding steroid dienone is 13. The van der Waals surface area contributed by atoms with E-state index in [1.165, 1.54) is 23.6 Å². The van der Waals surface area contributed by atoms with E-state index < -0.39 is 0 Å². The van der Waals surface area contributed by atoms with Crippen molar-refractivity contribution in [1.29, 1.82) is 0 Å². The molecular formula is C42H70F2O3. The molecule has 0 heterocycles. The summed E-state index contributed by atoms with van der Waals surface area (Å²) >= 11 is 0. The predicted molar refractivity (Wildman–Crippen MR) is 201 cm³/mol. The molecular weight excluding hydrogens is 590 g/mol. The first-order valence-electron chi connectivity index (χ1n) is 18.1. The van der Waals surface area contributed by atoms with E-state index in [1.807, 2.05) is 27.7 Å². The number of aliphatic hydroxyl groups excluding tert-OH is 1. The predicted octanol–water partition coefficient (Wildman–Crippen LogP) is 12.9. The molecule has 3 unspecified atom stereocenters. The van der Waals surface area contributed by atoms with Gasteiger partial charge in [0.25, 0.3) is 0 Å². The van der Waals surface area contributed by atoms with Crippen molar-refractivity contribution in [2.45, 2.75) is 140 Å². The third-order valence-electron chi connectivity index (χ3n) is 8.55. The highest BCUT2D eigenvalue weighted by Crippen LogP contribution is 2.37. The largest absolute Gasteiger partial charge is 0.396 e. The molecule has 0 spiro atoms. The first kappa shape index (κ1) is 46.7. The van der Waals surface area contributed by atoms with Gasteiger partial charge in [-0.2, -0.15) is 0 Å². The van der Waals surface area contributed by atoms with E-state index in [0.717, 1.165) is 68.8 Å². The van der Waals surface area contributed by atoms with Gasteiger partial charge in [0.15, 0.2) is 0 Å². The van der Waals surface area contributed by atoms with Crippen molar-refractivity contribution < 1.29 is 23.4 Å². The van der Waals surface area contributed by atoms with Crippen molar-refractivity contribution in [2.24, 2.45) is 17.8 Å². The van der Waals surface area contributed by atoms with Crippen LogP contribution in [0.1, 0.15) is 140 Å². The number of ether oxygens (including phenoxy) is 1. The average Bonchev–Trinajstić information content (AvgIpc) is 3.07. The van der Waals surface area contributed by atoms with Gasteiger partial charge < -0.3 is 9.84 Å². The Hall–Kier alpha value is -2.37. The lowest BCUT2D eigenvalue weighted by Crippen LogP contribution is -2.17. The molecule has 47 heavy (non-hydrogen) atoms. The molecule has 0 saturated heterocycles. The molecule has 2 rings (SSSR count). The zero-order valence-corrected chi connectivity index (χ0v) is 32.3. The van der Waals surface area contributed by atoms with Crippen molar-refractivity contribution in [3.8, 4) is 0 Å². The molecule has 3 atom stereocenters. The highest BCUT2D eigenvalue weighted by molar-refractivity contribution is 5.70. The molecule has 270 valence electrons. The summed E-state index contributed by atoms with van der Waals surface area (Å²) in [6.07, 6.45) is 15.6. The minimum absolute atomic E-state index is 0.147. The van der Waals surface area contributed by atoms with Crippen LogP contribution in [0.4, 0.5) is 8.78 Å². The maximum absolute atomic E-state index is 15.2. The van der Waals surface area contributed by atoms with E-state index in [2.05, 4.69) is 54.2 Å². The Labute approximate surface area is 288 Å². The molecule has 5 heteroatoms. The zero-order chi connectivity index (χ0) is 36.5. The number of rotatable bonds is 15. The summed E-state index contributed by atoms with van der Waals surface area (Å²) in [7, 11) is 1.67. The summed E-state index contributed by atoms with van der Waals surface area (Å²) in [5.41, 5.74) is 7.56. The molecule has 3 nitrogen and oxygen atoms in total. The topological polar surface area (TPSA) is 46.5 Å². The van der Waals surface area contributed by atoms with Crippen LogP contribution < -0.4 is 0 Å². The molecule has 2 aliphatic rings. The highest BCUT2D eigenvalue weighted by atomic mass is 19.1. The fraction of sp³-hybridized carbons (Fsp3) is 0.643. The number of aliphatic hydroxyl groups is 1. The summed E-state index contributed by atoms with van der Waals surface area (Å²) < 4.78 is 35.6. The van der Waals surface area contributed by atoms with Gasteiger partial charge in [-0.1, -0.05) is 92.0 Å². The van der Waals surface area contributed by atoms with Crippen LogP contribution in [0.3, 0.4) is 0 Å². The summed E-state index contributed by atoms with van der Waals surface area (Å²) in [5, 5.41) is 9.51. The first-order valence-corrected chi connectivity index (χ1v) is 18.1. The van der Waals surface area contributed by atoms with Crippen molar-refractivity contribution >= 4 is 6.29 Å². The first-order chi connectivity index (χ1) is 22.3. The molecule has 0 saturated carbocycles. The van der Waals surface area contributed by atoms with E-state index in [9.17, 15) is 9.90 Å². The molecule has 0 aromatic rings. The third kappa shape index (κ3) is 18.7. The molecule has 0 radical (unpaired) electrons. The number of aldehydes is 1. The van der Waals surface area contributed by atoms with Crippen molar-refractivity contribution in [2.75, 3.05) is 20.3 Å². The van der Waals surface area contributed by atoms with Gasteiger partial charge in [-0.25, -0.2) is 8.78 Å². The number of methoxy groups -OCH3 is 1. The van der Waals surface area contributed by atoms with Crippen LogP contribution in [0.15, 0.2) is 81.0 Å². The molecule has 0 bridgehead atoms. The Kier molecular flexibility index (Phi) is 27.4. The summed E-state index contributed by atoms with van der Waals surface area (Å²) in [6, 6.07) is 0. The SMILES string of the molecule is C=C(C)C=O.CC.CCC.CCC1=C(CC)CCC(/C(C)=C(F)/C=C(\C)C2=C(F)C=C(C(C)CCC(C)CC(CO)COC)CC2)=C1. The number of halogens is 2. The van der Waals surface area contributed by atoms with Gasteiger partial charge in [0.05, 0.1) is 6.61 Å². The Morgan fingerprint density at radius 1 is 1.00 bits per heavy atom. The Balaban J connectivity index is 0. The highest BCUT2D eigenvalue weighted by Gasteiger charge is 2.21. The van der Waals surface area contributed by atoms with Crippen LogP contribution in [-0.2, 0) is 9.53 Å². The maximum atomic E-state index is 15.2. The summed E-state index contributed by atoms with van der Waals surface area (Å²) in [4.78, 5) is 9.41. The van der Waals surface area contributed by atoms with E-state index >= 15 is 8.78 Å². The van der Waals surface area contributed by atoms with Crippen molar-refractivity contribution in [3.63, 3.8) is 0 Å². The van der Waals surface area contributed by atoms with E-state index in [4.69, 9.17) is 4.74 Å². The number of hydrogen-bond acceptors (Lipinski definition) is 3. The fourth-order valence-corrected chi connectivity index (χ4v) is 5.74.